The molecule has 1 aliphatic heterocycles. The van der Waals surface area contributed by atoms with Crippen molar-refractivity contribution in [1.82, 2.24) is 9.62 Å². The molecule has 182 valence electrons. The number of nitrogens with zero attached hydrogens (tertiary/aromatic N) is 1. The number of hydrogen-bond acceptors (Lipinski definition) is 5. The van der Waals surface area contributed by atoms with Crippen LogP contribution >= 0.6 is 0 Å². The van der Waals surface area contributed by atoms with Crippen LogP contribution in [0.5, 0.6) is 0 Å². The number of sulfonamides is 1. The molecule has 3 N–H and O–H groups in total. The van der Waals surface area contributed by atoms with Gasteiger partial charge in [-0.3, -0.25) is 9.59 Å². The van der Waals surface area contributed by atoms with Crippen LogP contribution in [0.2, 0.25) is 0 Å². The molecule has 2 amide bonds. The maximum absolute atomic E-state index is 13.0. The monoisotopic (exact) mass is 484 g/mol. The summed E-state index contributed by atoms with van der Waals surface area (Å²) in [5, 5.41) is 8.88. The zero-order valence-corrected chi connectivity index (χ0v) is 20.5. The van der Waals surface area contributed by atoms with Crippen molar-refractivity contribution in [3.63, 3.8) is 0 Å². The number of amides is 2. The number of carbonyl (C=O) groups is 2. The van der Waals surface area contributed by atoms with Gasteiger partial charge >= 0.3 is 0 Å². The number of carbonyl (C=O) groups excluding carboxylic acids is 2. The molecule has 0 bridgehead atoms. The highest BCUT2D eigenvalue weighted by molar-refractivity contribution is 7.89. The number of aryl methyl sites for hydroxylation is 2. The number of anilines is 2. The first-order chi connectivity index (χ1) is 16.2. The molecule has 1 saturated carbocycles. The molecular formula is C25H32N4O4S. The Morgan fingerprint density at radius 1 is 0.941 bits per heavy atom. The van der Waals surface area contributed by atoms with E-state index in [1.165, 1.54) is 10.4 Å². The zero-order chi connectivity index (χ0) is 24.3. The summed E-state index contributed by atoms with van der Waals surface area (Å²) in [6, 6.07) is 10.5. The summed E-state index contributed by atoms with van der Waals surface area (Å²) in [4.78, 5) is 25.2. The smallest absolute Gasteiger partial charge is 0.251 e. The second kappa shape index (κ2) is 10.1. The maximum atomic E-state index is 13.0. The van der Waals surface area contributed by atoms with Crippen LogP contribution in [0.15, 0.2) is 41.3 Å². The van der Waals surface area contributed by atoms with Crippen molar-refractivity contribution in [2.24, 2.45) is 0 Å². The summed E-state index contributed by atoms with van der Waals surface area (Å²) in [5.41, 5.74) is 3.42. The predicted molar refractivity (Wildman–Crippen MR) is 133 cm³/mol. The summed E-state index contributed by atoms with van der Waals surface area (Å²) in [5.74, 6) is -0.416. The lowest BCUT2D eigenvalue weighted by Crippen LogP contribution is -2.35. The Bertz CT molecular complexity index is 1190. The topological polar surface area (TPSA) is 108 Å². The van der Waals surface area contributed by atoms with E-state index in [0.29, 0.717) is 30.0 Å². The Kier molecular flexibility index (Phi) is 7.23. The van der Waals surface area contributed by atoms with E-state index in [0.717, 1.165) is 43.2 Å². The molecule has 2 aromatic carbocycles. The van der Waals surface area contributed by atoms with E-state index >= 15 is 0 Å². The van der Waals surface area contributed by atoms with Gasteiger partial charge in [-0.25, -0.2) is 8.42 Å². The summed E-state index contributed by atoms with van der Waals surface area (Å²) in [6.07, 6.45) is 4.81. The van der Waals surface area contributed by atoms with Crippen molar-refractivity contribution < 1.29 is 18.0 Å². The van der Waals surface area contributed by atoms with Crippen LogP contribution in [-0.2, 0) is 14.8 Å². The van der Waals surface area contributed by atoms with Crippen LogP contribution in [0.1, 0.15) is 53.6 Å². The number of hydrogen-bond donors (Lipinski definition) is 3. The molecule has 8 nitrogen and oxygen atoms in total. The third-order valence-corrected chi connectivity index (χ3v) is 8.18. The van der Waals surface area contributed by atoms with Crippen molar-refractivity contribution in [3.05, 3.63) is 53.1 Å². The van der Waals surface area contributed by atoms with E-state index in [-0.39, 0.29) is 29.3 Å². The molecule has 2 fully saturated rings. The fourth-order valence-corrected chi connectivity index (χ4v) is 5.51. The minimum absolute atomic E-state index is 0.0168. The minimum atomic E-state index is -3.59. The van der Waals surface area contributed by atoms with Gasteiger partial charge in [0.1, 0.15) is 0 Å². The van der Waals surface area contributed by atoms with Crippen LogP contribution in [0.25, 0.3) is 0 Å². The fraction of sp³-hybridized carbons (Fsp3) is 0.440. The van der Waals surface area contributed by atoms with E-state index in [1.54, 1.807) is 24.3 Å². The van der Waals surface area contributed by atoms with Gasteiger partial charge in [0, 0.05) is 36.1 Å². The lowest BCUT2D eigenvalue weighted by Gasteiger charge is -2.26. The minimum Gasteiger partial charge on any atom is -0.376 e. The third kappa shape index (κ3) is 5.77. The second-order valence-corrected chi connectivity index (χ2v) is 11.1. The van der Waals surface area contributed by atoms with E-state index in [9.17, 15) is 18.0 Å². The van der Waals surface area contributed by atoms with Gasteiger partial charge in [0.05, 0.1) is 11.4 Å². The van der Waals surface area contributed by atoms with Gasteiger partial charge in [-0.1, -0.05) is 18.6 Å². The molecule has 9 heteroatoms. The summed E-state index contributed by atoms with van der Waals surface area (Å²) in [7, 11) is -3.59. The predicted octanol–water partition coefficient (Wildman–Crippen LogP) is 3.42. The Labute approximate surface area is 201 Å². The van der Waals surface area contributed by atoms with E-state index in [2.05, 4.69) is 16.0 Å². The fourth-order valence-electron chi connectivity index (χ4n) is 3.97. The van der Waals surface area contributed by atoms with E-state index < -0.39 is 10.0 Å². The van der Waals surface area contributed by atoms with Crippen molar-refractivity contribution in [2.75, 3.05) is 30.3 Å². The number of rotatable bonds is 8. The van der Waals surface area contributed by atoms with Crippen molar-refractivity contribution in [3.8, 4) is 0 Å². The van der Waals surface area contributed by atoms with Gasteiger partial charge in [-0.15, -0.1) is 0 Å². The lowest BCUT2D eigenvalue weighted by molar-refractivity contribution is -0.114. The number of benzene rings is 2. The van der Waals surface area contributed by atoms with E-state index in [1.807, 2.05) is 19.9 Å². The van der Waals surface area contributed by atoms with Gasteiger partial charge in [-0.2, -0.15) is 4.31 Å². The van der Waals surface area contributed by atoms with Crippen molar-refractivity contribution >= 4 is 33.2 Å². The van der Waals surface area contributed by atoms with Gasteiger partial charge in [0.15, 0.2) is 0 Å². The first-order valence-corrected chi connectivity index (χ1v) is 13.2. The van der Waals surface area contributed by atoms with Crippen molar-refractivity contribution in [2.45, 2.75) is 56.9 Å². The van der Waals surface area contributed by atoms with E-state index in [4.69, 9.17) is 0 Å². The van der Waals surface area contributed by atoms with Gasteiger partial charge in [-0.05, 0) is 74.9 Å². The van der Waals surface area contributed by atoms with Crippen LogP contribution < -0.4 is 16.0 Å². The molecule has 1 saturated heterocycles. The molecule has 1 heterocycles. The largest absolute Gasteiger partial charge is 0.376 e. The first-order valence-electron chi connectivity index (χ1n) is 11.8. The Morgan fingerprint density at radius 3 is 2.32 bits per heavy atom. The molecule has 1 aliphatic carbocycles. The van der Waals surface area contributed by atoms with Gasteiger partial charge in [0.2, 0.25) is 15.9 Å². The molecule has 2 aromatic rings. The number of nitrogens with one attached hydrogen (secondary N) is 3. The Hall–Kier alpha value is -2.91. The molecule has 0 unspecified atom stereocenters. The standard InChI is InChI=1S/C25H32N4O4S/c1-17-6-8-19(25(31)27-20-9-10-20)14-22(17)26-16-24(30)28-23-15-21(11-7-18(23)2)34(32,33)29-12-4-3-5-13-29/h6-8,11,14-15,20,26H,3-5,9-10,12-13,16H2,1-2H3,(H,27,31)(H,28,30). The average Bonchev–Trinajstić information content (AvgIpc) is 3.64. The molecule has 0 atom stereocenters. The highest BCUT2D eigenvalue weighted by atomic mass is 32.2. The molecule has 2 aliphatic rings. The zero-order valence-electron chi connectivity index (χ0n) is 19.7. The average molecular weight is 485 g/mol. The van der Waals surface area contributed by atoms with Crippen LogP contribution in [0.3, 0.4) is 0 Å². The highest BCUT2D eigenvalue weighted by Crippen LogP contribution is 2.25. The van der Waals surface area contributed by atoms with Crippen LogP contribution in [0, 0.1) is 13.8 Å². The second-order valence-electron chi connectivity index (χ2n) is 9.12. The molecule has 0 aromatic heterocycles. The Morgan fingerprint density at radius 2 is 1.62 bits per heavy atom. The summed E-state index contributed by atoms with van der Waals surface area (Å²) < 4.78 is 27.5. The van der Waals surface area contributed by atoms with Crippen molar-refractivity contribution in [1.29, 1.82) is 0 Å². The first kappa shape index (κ1) is 24.2. The highest BCUT2D eigenvalue weighted by Gasteiger charge is 2.27. The van der Waals surface area contributed by atoms with Crippen LogP contribution in [-0.4, -0.2) is 50.2 Å². The molecule has 0 spiro atoms. The third-order valence-electron chi connectivity index (χ3n) is 6.29. The maximum Gasteiger partial charge on any atom is 0.251 e. The van der Waals surface area contributed by atoms with Gasteiger partial charge < -0.3 is 16.0 Å². The molecule has 34 heavy (non-hydrogen) atoms. The molecular weight excluding hydrogens is 452 g/mol. The normalized spacial score (nSPS) is 16.6. The lowest BCUT2D eigenvalue weighted by atomic mass is 10.1. The number of piperidine rings is 1. The Balaban J connectivity index is 1.41. The molecule has 4 rings (SSSR count). The SMILES string of the molecule is Cc1ccc(C(=O)NC2CC2)cc1NCC(=O)Nc1cc(S(=O)(=O)N2CCCCC2)ccc1C. The van der Waals surface area contributed by atoms with Gasteiger partial charge in [0.25, 0.3) is 5.91 Å². The summed E-state index contributed by atoms with van der Waals surface area (Å²) >= 11 is 0. The summed E-state index contributed by atoms with van der Waals surface area (Å²) in [6.45, 7) is 4.77. The quantitative estimate of drug-likeness (QED) is 0.532. The molecule has 0 radical (unpaired) electrons. The van der Waals surface area contributed by atoms with Crippen LogP contribution in [0.4, 0.5) is 11.4 Å².